The molecule has 0 spiro atoms. The van der Waals surface area contributed by atoms with Crippen LogP contribution in [0.1, 0.15) is 39.5 Å². The van der Waals surface area contributed by atoms with E-state index in [1.807, 2.05) is 12.1 Å². The Balaban J connectivity index is 1.36. The summed E-state index contributed by atoms with van der Waals surface area (Å²) in [6.45, 7) is 8.47. The minimum Gasteiger partial charge on any atom is -0.368 e. The van der Waals surface area contributed by atoms with Crippen LogP contribution in [0.5, 0.6) is 0 Å². The largest absolute Gasteiger partial charge is 0.368 e. The van der Waals surface area contributed by atoms with Crippen LogP contribution in [-0.2, 0) is 10.0 Å². The van der Waals surface area contributed by atoms with Crippen molar-refractivity contribution in [3.05, 3.63) is 35.2 Å². The fourth-order valence-electron chi connectivity index (χ4n) is 5.28. The van der Waals surface area contributed by atoms with Gasteiger partial charge >= 0.3 is 0 Å². The minimum absolute atomic E-state index is 0.181. The molecule has 2 N–H and O–H groups in total. The van der Waals surface area contributed by atoms with Gasteiger partial charge in [0.05, 0.1) is 23.2 Å². The summed E-state index contributed by atoms with van der Waals surface area (Å²) in [5, 5.41) is 6.93. The summed E-state index contributed by atoms with van der Waals surface area (Å²) >= 11 is 6.57. The highest BCUT2D eigenvalue weighted by molar-refractivity contribution is 7.88. The van der Waals surface area contributed by atoms with Crippen LogP contribution in [0.15, 0.2) is 24.4 Å². The van der Waals surface area contributed by atoms with Crippen molar-refractivity contribution in [2.75, 3.05) is 61.1 Å². The average Bonchev–Trinajstić information content (AvgIpc) is 2.87. The molecule has 4 rings (SSSR count). The van der Waals surface area contributed by atoms with E-state index in [1.54, 1.807) is 6.07 Å². The fraction of sp³-hybridized carbons (Fsp3) is 0.600. The maximum absolute atomic E-state index is 14.5. The second kappa shape index (κ2) is 12.1. The SMILES string of the molecule is CCN(CC)C1CCC(Nc2nc(Nc3ccc(N4CCN(S(C)(=O)=O)CC4)c(Cl)c3)ncc2F)CC1. The summed E-state index contributed by atoms with van der Waals surface area (Å²) in [6.07, 6.45) is 6.53. The standard InChI is InChI=1S/C25H37ClFN7O2S/c1-4-32(5-2)20-9-6-18(7-10-20)29-24-22(27)17-28-25(31-24)30-19-8-11-23(21(26)16-19)33-12-14-34(15-13-33)37(3,35)36/h8,11,16-18,20H,4-7,9-10,12-15H2,1-3H3,(H2,28,29,30,31). The molecule has 1 aliphatic heterocycles. The first kappa shape index (κ1) is 27.8. The van der Waals surface area contributed by atoms with Crippen molar-refractivity contribution >= 4 is 44.8 Å². The van der Waals surface area contributed by atoms with Gasteiger partial charge in [-0.1, -0.05) is 25.4 Å². The Morgan fingerprint density at radius 2 is 1.78 bits per heavy atom. The predicted molar refractivity (Wildman–Crippen MR) is 148 cm³/mol. The molecule has 0 atom stereocenters. The number of nitrogens with zero attached hydrogens (tertiary/aromatic N) is 5. The van der Waals surface area contributed by atoms with Gasteiger partial charge in [-0.15, -0.1) is 0 Å². The van der Waals surface area contributed by atoms with Crippen molar-refractivity contribution in [2.45, 2.75) is 51.6 Å². The third kappa shape index (κ3) is 7.01. The molecule has 9 nitrogen and oxygen atoms in total. The van der Waals surface area contributed by atoms with Gasteiger partial charge in [-0.2, -0.15) is 9.29 Å². The Hall–Kier alpha value is -2.21. The number of aromatic nitrogens is 2. The van der Waals surface area contributed by atoms with E-state index in [2.05, 4.69) is 44.2 Å². The third-order valence-electron chi connectivity index (χ3n) is 7.36. The molecule has 0 unspecified atom stereocenters. The van der Waals surface area contributed by atoms with Gasteiger partial charge in [-0.05, 0) is 57.0 Å². The number of piperazine rings is 1. The molecule has 1 aromatic carbocycles. The van der Waals surface area contributed by atoms with Crippen molar-refractivity contribution in [1.82, 2.24) is 19.2 Å². The van der Waals surface area contributed by atoms with Crippen LogP contribution in [0.25, 0.3) is 0 Å². The van der Waals surface area contributed by atoms with Crippen LogP contribution in [0.3, 0.4) is 0 Å². The lowest BCUT2D eigenvalue weighted by Gasteiger charge is -2.36. The Morgan fingerprint density at radius 1 is 1.11 bits per heavy atom. The van der Waals surface area contributed by atoms with E-state index in [-0.39, 0.29) is 17.8 Å². The van der Waals surface area contributed by atoms with E-state index in [0.717, 1.165) is 44.5 Å². The molecule has 204 valence electrons. The number of anilines is 4. The zero-order chi connectivity index (χ0) is 26.6. The second-order valence-corrected chi connectivity index (χ2v) is 12.1. The zero-order valence-electron chi connectivity index (χ0n) is 21.8. The molecule has 1 aromatic heterocycles. The average molecular weight is 554 g/mol. The van der Waals surface area contributed by atoms with Gasteiger partial charge in [0.25, 0.3) is 0 Å². The lowest BCUT2D eigenvalue weighted by molar-refractivity contribution is 0.167. The van der Waals surface area contributed by atoms with Gasteiger partial charge in [0.15, 0.2) is 11.6 Å². The molecule has 1 saturated heterocycles. The van der Waals surface area contributed by atoms with E-state index < -0.39 is 15.8 Å². The highest BCUT2D eigenvalue weighted by atomic mass is 35.5. The molecule has 2 fully saturated rings. The summed E-state index contributed by atoms with van der Waals surface area (Å²) in [5.41, 5.74) is 1.52. The third-order valence-corrected chi connectivity index (χ3v) is 8.97. The van der Waals surface area contributed by atoms with Gasteiger partial charge < -0.3 is 20.4 Å². The molecule has 2 heterocycles. The monoisotopic (exact) mass is 553 g/mol. The van der Waals surface area contributed by atoms with E-state index in [4.69, 9.17) is 11.6 Å². The number of rotatable bonds is 9. The van der Waals surface area contributed by atoms with Crippen molar-refractivity contribution in [3.63, 3.8) is 0 Å². The topological polar surface area (TPSA) is 93.7 Å². The van der Waals surface area contributed by atoms with Crippen LogP contribution in [-0.4, -0.2) is 85.2 Å². The molecular formula is C25H37ClFN7O2S. The first-order valence-electron chi connectivity index (χ1n) is 13.0. The molecule has 0 bridgehead atoms. The first-order valence-corrected chi connectivity index (χ1v) is 15.2. The molecule has 37 heavy (non-hydrogen) atoms. The molecule has 2 aromatic rings. The predicted octanol–water partition coefficient (Wildman–Crippen LogP) is 4.16. The molecule has 1 aliphatic carbocycles. The Morgan fingerprint density at radius 3 is 2.38 bits per heavy atom. The van der Waals surface area contributed by atoms with Crippen molar-refractivity contribution in [2.24, 2.45) is 0 Å². The smallest absolute Gasteiger partial charge is 0.229 e. The van der Waals surface area contributed by atoms with Crippen LogP contribution in [0, 0.1) is 5.82 Å². The van der Waals surface area contributed by atoms with Gasteiger partial charge in [-0.25, -0.2) is 17.8 Å². The number of sulfonamides is 1. The summed E-state index contributed by atoms with van der Waals surface area (Å²) in [4.78, 5) is 13.0. The lowest BCUT2D eigenvalue weighted by Crippen LogP contribution is -2.48. The maximum atomic E-state index is 14.5. The van der Waals surface area contributed by atoms with E-state index in [1.165, 1.54) is 16.8 Å². The Bertz CT molecular complexity index is 1170. The number of nitrogens with one attached hydrogen (secondary N) is 2. The highest BCUT2D eigenvalue weighted by Crippen LogP contribution is 2.31. The normalized spacial score (nSPS) is 21.3. The van der Waals surface area contributed by atoms with Crippen molar-refractivity contribution < 1.29 is 12.8 Å². The Labute approximate surface area is 224 Å². The van der Waals surface area contributed by atoms with Crippen LogP contribution < -0.4 is 15.5 Å². The van der Waals surface area contributed by atoms with Gasteiger partial charge in [0.2, 0.25) is 16.0 Å². The van der Waals surface area contributed by atoms with Gasteiger partial charge in [0, 0.05) is 44.0 Å². The summed E-state index contributed by atoms with van der Waals surface area (Å²) in [7, 11) is -3.19. The molecular weight excluding hydrogens is 517 g/mol. The highest BCUT2D eigenvalue weighted by Gasteiger charge is 2.26. The molecule has 12 heteroatoms. The lowest BCUT2D eigenvalue weighted by atomic mass is 9.90. The molecule has 2 aliphatic rings. The Kier molecular flexibility index (Phi) is 9.10. The molecule has 1 saturated carbocycles. The van der Waals surface area contributed by atoms with Crippen LogP contribution in [0.4, 0.5) is 27.5 Å². The second-order valence-electron chi connectivity index (χ2n) is 9.70. The quantitative estimate of drug-likeness (QED) is 0.478. The number of halogens is 2. The van der Waals surface area contributed by atoms with E-state index in [9.17, 15) is 12.8 Å². The van der Waals surface area contributed by atoms with Crippen LogP contribution >= 0.6 is 11.6 Å². The van der Waals surface area contributed by atoms with Gasteiger partial charge in [-0.3, -0.25) is 0 Å². The zero-order valence-corrected chi connectivity index (χ0v) is 23.3. The number of hydrogen-bond donors (Lipinski definition) is 2. The minimum atomic E-state index is -3.19. The van der Waals surface area contributed by atoms with E-state index in [0.29, 0.717) is 42.9 Å². The summed E-state index contributed by atoms with van der Waals surface area (Å²) < 4.78 is 39.5. The van der Waals surface area contributed by atoms with Gasteiger partial charge in [0.1, 0.15) is 0 Å². The van der Waals surface area contributed by atoms with E-state index >= 15 is 0 Å². The fourth-order valence-corrected chi connectivity index (χ4v) is 6.40. The van der Waals surface area contributed by atoms with Crippen molar-refractivity contribution in [1.29, 1.82) is 0 Å². The summed E-state index contributed by atoms with van der Waals surface area (Å²) in [5.74, 6) is 0.0135. The molecule has 0 amide bonds. The molecule has 0 radical (unpaired) electrons. The number of hydrogen-bond acceptors (Lipinski definition) is 8. The first-order chi connectivity index (χ1) is 17.7. The number of benzene rings is 1. The van der Waals surface area contributed by atoms with Crippen molar-refractivity contribution in [3.8, 4) is 0 Å². The summed E-state index contributed by atoms with van der Waals surface area (Å²) in [6, 6.07) is 6.29. The van der Waals surface area contributed by atoms with Crippen LogP contribution in [0.2, 0.25) is 5.02 Å². The maximum Gasteiger partial charge on any atom is 0.229 e.